The first-order valence-electron chi connectivity index (χ1n) is 6.08. The lowest BCUT2D eigenvalue weighted by atomic mass is 9.84. The number of carbonyl (C=O) groups excluding carboxylic acids is 1. The molecular formula is C14H19NO. The summed E-state index contributed by atoms with van der Waals surface area (Å²) >= 11 is 0. The molecule has 2 nitrogen and oxygen atoms in total. The second-order valence-corrected chi connectivity index (χ2v) is 4.49. The van der Waals surface area contributed by atoms with Gasteiger partial charge in [0.25, 0.3) is 0 Å². The normalized spacial score (nSPS) is 25.8. The fraction of sp³-hybridized carbons (Fsp3) is 0.500. The molecule has 1 aromatic carbocycles. The molecule has 1 aliphatic heterocycles. The van der Waals surface area contributed by atoms with Gasteiger partial charge in [0.05, 0.1) is 0 Å². The number of benzene rings is 1. The fourth-order valence-corrected chi connectivity index (χ4v) is 2.48. The number of hydrogen-bond donors (Lipinski definition) is 1. The van der Waals surface area contributed by atoms with Crippen LogP contribution in [-0.2, 0) is 11.2 Å². The lowest BCUT2D eigenvalue weighted by Gasteiger charge is -2.30. The first kappa shape index (κ1) is 11.3. The van der Waals surface area contributed by atoms with Gasteiger partial charge >= 0.3 is 0 Å². The molecule has 2 atom stereocenters. The number of ketones is 1. The minimum atomic E-state index is 0.0986. The van der Waals surface area contributed by atoms with E-state index in [0.29, 0.717) is 12.2 Å². The summed E-state index contributed by atoms with van der Waals surface area (Å²) in [7, 11) is 0. The van der Waals surface area contributed by atoms with Crippen LogP contribution in [0.4, 0.5) is 0 Å². The van der Waals surface area contributed by atoms with Crippen LogP contribution in [0.25, 0.3) is 0 Å². The van der Waals surface area contributed by atoms with Gasteiger partial charge in [-0.1, -0.05) is 38.1 Å². The molecule has 16 heavy (non-hydrogen) atoms. The zero-order chi connectivity index (χ0) is 11.5. The van der Waals surface area contributed by atoms with Crippen molar-refractivity contribution in [3.63, 3.8) is 0 Å². The molecule has 2 unspecified atom stereocenters. The fourth-order valence-electron chi connectivity index (χ4n) is 2.48. The molecule has 2 rings (SSSR count). The molecule has 0 spiro atoms. The SMILES string of the molecule is CCc1ccccc1C1NCCC(=O)C1C. The Morgan fingerprint density at radius 3 is 2.88 bits per heavy atom. The van der Waals surface area contributed by atoms with Crippen LogP contribution < -0.4 is 5.32 Å². The van der Waals surface area contributed by atoms with E-state index in [-0.39, 0.29) is 12.0 Å². The lowest BCUT2D eigenvalue weighted by Crippen LogP contribution is -2.39. The number of nitrogens with one attached hydrogen (secondary N) is 1. The van der Waals surface area contributed by atoms with Gasteiger partial charge in [0.1, 0.15) is 5.78 Å². The van der Waals surface area contributed by atoms with E-state index in [2.05, 4.69) is 36.5 Å². The molecule has 1 fully saturated rings. The maximum atomic E-state index is 11.7. The molecular weight excluding hydrogens is 198 g/mol. The highest BCUT2D eigenvalue weighted by Crippen LogP contribution is 2.29. The first-order chi connectivity index (χ1) is 7.74. The minimum Gasteiger partial charge on any atom is -0.309 e. The molecule has 2 heteroatoms. The summed E-state index contributed by atoms with van der Waals surface area (Å²) in [5.41, 5.74) is 2.65. The monoisotopic (exact) mass is 217 g/mol. The predicted molar refractivity (Wildman–Crippen MR) is 65.4 cm³/mol. The van der Waals surface area contributed by atoms with Crippen molar-refractivity contribution < 1.29 is 4.79 Å². The molecule has 0 radical (unpaired) electrons. The average Bonchev–Trinajstić information content (AvgIpc) is 2.33. The van der Waals surface area contributed by atoms with Gasteiger partial charge in [-0.15, -0.1) is 0 Å². The summed E-state index contributed by atoms with van der Waals surface area (Å²) in [6, 6.07) is 8.63. The van der Waals surface area contributed by atoms with Crippen LogP contribution in [0.5, 0.6) is 0 Å². The number of carbonyl (C=O) groups is 1. The molecule has 0 aliphatic carbocycles. The second kappa shape index (κ2) is 4.79. The van der Waals surface area contributed by atoms with Gasteiger partial charge in [0.15, 0.2) is 0 Å². The van der Waals surface area contributed by atoms with E-state index in [1.54, 1.807) is 0 Å². The molecule has 0 aromatic heterocycles. The van der Waals surface area contributed by atoms with Crippen LogP contribution in [0.2, 0.25) is 0 Å². The van der Waals surface area contributed by atoms with Gasteiger partial charge in [-0.3, -0.25) is 4.79 Å². The summed E-state index contributed by atoms with van der Waals surface area (Å²) in [6.07, 6.45) is 1.70. The third kappa shape index (κ3) is 2.03. The third-order valence-corrected chi connectivity index (χ3v) is 3.51. The quantitative estimate of drug-likeness (QED) is 0.824. The van der Waals surface area contributed by atoms with Crippen molar-refractivity contribution in [1.29, 1.82) is 0 Å². The molecule has 0 saturated carbocycles. The molecule has 1 heterocycles. The number of piperidine rings is 1. The Kier molecular flexibility index (Phi) is 3.39. The zero-order valence-electron chi connectivity index (χ0n) is 9.99. The highest BCUT2D eigenvalue weighted by Gasteiger charge is 2.29. The maximum Gasteiger partial charge on any atom is 0.138 e. The second-order valence-electron chi connectivity index (χ2n) is 4.49. The number of aryl methyl sites for hydroxylation is 1. The van der Waals surface area contributed by atoms with Crippen LogP contribution in [0, 0.1) is 5.92 Å². The van der Waals surface area contributed by atoms with Crippen molar-refractivity contribution in [2.45, 2.75) is 32.7 Å². The first-order valence-corrected chi connectivity index (χ1v) is 6.08. The van der Waals surface area contributed by atoms with Gasteiger partial charge in [0, 0.05) is 24.9 Å². The van der Waals surface area contributed by atoms with Crippen molar-refractivity contribution in [2.24, 2.45) is 5.92 Å². The molecule has 1 N–H and O–H groups in total. The van der Waals surface area contributed by atoms with Gasteiger partial charge in [0.2, 0.25) is 0 Å². The average molecular weight is 217 g/mol. The van der Waals surface area contributed by atoms with Crippen LogP contribution >= 0.6 is 0 Å². The summed E-state index contributed by atoms with van der Waals surface area (Å²) < 4.78 is 0. The third-order valence-electron chi connectivity index (χ3n) is 3.51. The van der Waals surface area contributed by atoms with Gasteiger partial charge in [-0.25, -0.2) is 0 Å². The van der Waals surface area contributed by atoms with E-state index >= 15 is 0 Å². The maximum absolute atomic E-state index is 11.7. The Morgan fingerprint density at radius 1 is 1.38 bits per heavy atom. The van der Waals surface area contributed by atoms with E-state index in [9.17, 15) is 4.79 Å². The number of rotatable bonds is 2. The zero-order valence-corrected chi connectivity index (χ0v) is 9.99. The van der Waals surface area contributed by atoms with Crippen molar-refractivity contribution in [1.82, 2.24) is 5.32 Å². The largest absolute Gasteiger partial charge is 0.309 e. The molecule has 1 saturated heterocycles. The van der Waals surface area contributed by atoms with E-state index in [1.165, 1.54) is 11.1 Å². The standard InChI is InChI=1S/C14H19NO/c1-3-11-6-4-5-7-12(11)14-10(2)13(16)8-9-15-14/h4-7,10,14-15H,3,8-9H2,1-2H3. The van der Waals surface area contributed by atoms with Gasteiger partial charge in [-0.05, 0) is 17.5 Å². The Bertz CT molecular complexity index is 386. The molecule has 1 aromatic rings. The van der Waals surface area contributed by atoms with E-state index in [1.807, 2.05) is 6.92 Å². The van der Waals surface area contributed by atoms with E-state index in [4.69, 9.17) is 0 Å². The molecule has 1 aliphatic rings. The highest BCUT2D eigenvalue weighted by atomic mass is 16.1. The smallest absolute Gasteiger partial charge is 0.138 e. The van der Waals surface area contributed by atoms with Gasteiger partial charge < -0.3 is 5.32 Å². The van der Waals surface area contributed by atoms with Crippen LogP contribution in [-0.4, -0.2) is 12.3 Å². The van der Waals surface area contributed by atoms with Crippen LogP contribution in [0.1, 0.15) is 37.4 Å². The Hall–Kier alpha value is -1.15. The summed E-state index contributed by atoms with van der Waals surface area (Å²) in [6.45, 7) is 5.01. The van der Waals surface area contributed by atoms with Crippen molar-refractivity contribution in [3.05, 3.63) is 35.4 Å². The van der Waals surface area contributed by atoms with Crippen LogP contribution in [0.15, 0.2) is 24.3 Å². The Balaban J connectivity index is 2.32. The van der Waals surface area contributed by atoms with Crippen molar-refractivity contribution >= 4 is 5.78 Å². The number of hydrogen-bond acceptors (Lipinski definition) is 2. The van der Waals surface area contributed by atoms with Gasteiger partial charge in [-0.2, -0.15) is 0 Å². The Morgan fingerprint density at radius 2 is 2.12 bits per heavy atom. The molecule has 0 amide bonds. The lowest BCUT2D eigenvalue weighted by molar-refractivity contribution is -0.124. The topological polar surface area (TPSA) is 29.1 Å². The van der Waals surface area contributed by atoms with Crippen LogP contribution in [0.3, 0.4) is 0 Å². The summed E-state index contributed by atoms with van der Waals surface area (Å²) in [4.78, 5) is 11.7. The molecule has 0 bridgehead atoms. The highest BCUT2D eigenvalue weighted by molar-refractivity contribution is 5.82. The van der Waals surface area contributed by atoms with E-state index < -0.39 is 0 Å². The minimum absolute atomic E-state index is 0.0986. The number of Topliss-reactive ketones (excluding diaryl/α,β-unsaturated/α-hetero) is 1. The Labute approximate surface area is 97.1 Å². The van der Waals surface area contributed by atoms with E-state index in [0.717, 1.165) is 13.0 Å². The van der Waals surface area contributed by atoms with Crippen molar-refractivity contribution in [3.8, 4) is 0 Å². The summed E-state index contributed by atoms with van der Waals surface area (Å²) in [5, 5.41) is 3.47. The molecule has 86 valence electrons. The van der Waals surface area contributed by atoms with Crippen molar-refractivity contribution in [2.75, 3.05) is 6.54 Å². The predicted octanol–water partition coefficient (Wildman–Crippen LogP) is 2.49. The summed E-state index contributed by atoms with van der Waals surface area (Å²) in [5.74, 6) is 0.483.